The van der Waals surface area contributed by atoms with Gasteiger partial charge in [-0.05, 0) is 54.7 Å². The summed E-state index contributed by atoms with van der Waals surface area (Å²) in [4.78, 5) is 30.7. The van der Waals surface area contributed by atoms with Gasteiger partial charge in [0.15, 0.2) is 5.65 Å². The zero-order chi connectivity index (χ0) is 26.0. The van der Waals surface area contributed by atoms with Gasteiger partial charge in [-0.2, -0.15) is 0 Å². The first-order valence-corrected chi connectivity index (χ1v) is 12.7. The summed E-state index contributed by atoms with van der Waals surface area (Å²) in [7, 11) is 1.80. The summed E-state index contributed by atoms with van der Waals surface area (Å²) in [5, 5.41) is 3.30. The van der Waals surface area contributed by atoms with Crippen molar-refractivity contribution >= 4 is 17.1 Å². The molecule has 2 heterocycles. The quantitative estimate of drug-likeness (QED) is 0.524. The minimum atomic E-state index is -0.0292. The van der Waals surface area contributed by atoms with E-state index in [0.717, 1.165) is 41.7 Å². The molecule has 6 heteroatoms. The van der Waals surface area contributed by atoms with E-state index in [-0.39, 0.29) is 34.4 Å². The van der Waals surface area contributed by atoms with Crippen molar-refractivity contribution in [3.63, 3.8) is 0 Å². The molecule has 190 valence electrons. The highest BCUT2D eigenvalue weighted by Crippen LogP contribution is 2.42. The third kappa shape index (κ3) is 6.22. The van der Waals surface area contributed by atoms with Crippen LogP contribution in [0.15, 0.2) is 53.4 Å². The van der Waals surface area contributed by atoms with Gasteiger partial charge in [0.2, 0.25) is 5.91 Å². The monoisotopic (exact) mass is 478 g/mol. The van der Waals surface area contributed by atoms with Crippen LogP contribution >= 0.6 is 0 Å². The fourth-order valence-corrected chi connectivity index (χ4v) is 4.96. The van der Waals surface area contributed by atoms with E-state index in [9.17, 15) is 9.59 Å². The van der Waals surface area contributed by atoms with E-state index >= 15 is 0 Å². The molecule has 0 saturated heterocycles. The predicted octanol–water partition coefficient (Wildman–Crippen LogP) is 5.64. The van der Waals surface area contributed by atoms with Crippen LogP contribution in [0, 0.1) is 10.8 Å². The zero-order valence-electron chi connectivity index (χ0n) is 22.5. The van der Waals surface area contributed by atoms with Crippen LogP contribution in [0.5, 0.6) is 0 Å². The summed E-state index contributed by atoms with van der Waals surface area (Å²) in [6.45, 7) is 17.3. The number of nitrogens with one attached hydrogen (secondary N) is 1. The minimum Gasteiger partial charge on any atom is -0.353 e. The van der Waals surface area contributed by atoms with Crippen molar-refractivity contribution < 1.29 is 4.79 Å². The molecule has 0 radical (unpaired) electrons. The normalized spacial score (nSPS) is 20.9. The van der Waals surface area contributed by atoms with Crippen molar-refractivity contribution in [1.29, 1.82) is 0 Å². The van der Waals surface area contributed by atoms with Gasteiger partial charge in [0.05, 0.1) is 11.9 Å². The number of aromatic nitrogens is 3. The Kier molecular flexibility index (Phi) is 7.93. The second kappa shape index (κ2) is 10.4. The molecule has 2 unspecified atom stereocenters. The van der Waals surface area contributed by atoms with Crippen LogP contribution in [-0.2, 0) is 18.4 Å². The Morgan fingerprint density at radius 3 is 2.66 bits per heavy atom. The van der Waals surface area contributed by atoms with Crippen LogP contribution in [0.4, 0.5) is 0 Å². The van der Waals surface area contributed by atoms with Gasteiger partial charge in [0.25, 0.3) is 0 Å². The van der Waals surface area contributed by atoms with E-state index in [0.29, 0.717) is 13.0 Å². The van der Waals surface area contributed by atoms with Gasteiger partial charge in [-0.15, -0.1) is 0 Å². The molecule has 1 N–H and O–H groups in total. The van der Waals surface area contributed by atoms with Gasteiger partial charge in [0, 0.05) is 31.2 Å². The van der Waals surface area contributed by atoms with Crippen LogP contribution in [-0.4, -0.2) is 26.1 Å². The number of aryl methyl sites for hydroxylation is 1. The summed E-state index contributed by atoms with van der Waals surface area (Å²) >= 11 is 0. The molecular formula is C29H42N4O2. The van der Waals surface area contributed by atoms with E-state index in [1.807, 2.05) is 35.8 Å². The van der Waals surface area contributed by atoms with Gasteiger partial charge in [-0.1, -0.05) is 65.5 Å². The summed E-state index contributed by atoms with van der Waals surface area (Å²) in [6, 6.07) is 4.16. The summed E-state index contributed by atoms with van der Waals surface area (Å²) < 4.78 is 3.49. The van der Waals surface area contributed by atoms with Crippen LogP contribution in [0.3, 0.4) is 0 Å². The highest BCUT2D eigenvalue weighted by molar-refractivity contribution is 5.79. The third-order valence-corrected chi connectivity index (χ3v) is 7.12. The number of hydrogen-bond acceptors (Lipinski definition) is 3. The maximum absolute atomic E-state index is 12.9. The lowest BCUT2D eigenvalue weighted by atomic mass is 9.68. The predicted molar refractivity (Wildman–Crippen MR) is 144 cm³/mol. The fraction of sp³-hybridized carbons (Fsp3) is 0.552. The molecule has 1 fully saturated rings. The third-order valence-electron chi connectivity index (χ3n) is 7.12. The Morgan fingerprint density at radius 1 is 1.31 bits per heavy atom. The number of nitrogens with zero attached hydrogens (tertiary/aromatic N) is 3. The highest BCUT2D eigenvalue weighted by Gasteiger charge is 2.38. The largest absolute Gasteiger partial charge is 0.353 e. The molecule has 1 saturated carbocycles. The molecule has 0 bridgehead atoms. The van der Waals surface area contributed by atoms with Crippen LogP contribution in [0.25, 0.3) is 11.2 Å². The second-order valence-corrected chi connectivity index (χ2v) is 11.8. The number of carbonyl (C=O) groups is 1. The number of amides is 1. The lowest BCUT2D eigenvalue weighted by molar-refractivity contribution is -0.122. The number of hydrogen-bond donors (Lipinski definition) is 1. The second-order valence-electron chi connectivity index (χ2n) is 11.8. The van der Waals surface area contributed by atoms with Gasteiger partial charge in [0.1, 0.15) is 0 Å². The zero-order valence-corrected chi connectivity index (χ0v) is 22.5. The molecule has 1 aliphatic rings. The van der Waals surface area contributed by atoms with E-state index in [2.05, 4.69) is 52.6 Å². The van der Waals surface area contributed by atoms with E-state index in [1.165, 1.54) is 0 Å². The van der Waals surface area contributed by atoms with Crippen molar-refractivity contribution in [3.8, 4) is 0 Å². The number of fused-ring (bicyclic) bond motifs is 1. The Hall–Kier alpha value is -2.89. The number of pyridine rings is 1. The smallest absolute Gasteiger partial charge is 0.330 e. The first-order valence-electron chi connectivity index (χ1n) is 12.7. The van der Waals surface area contributed by atoms with Crippen LogP contribution in [0.1, 0.15) is 78.8 Å². The molecule has 6 nitrogen and oxygen atoms in total. The number of rotatable bonds is 7. The summed E-state index contributed by atoms with van der Waals surface area (Å²) in [5.41, 5.74) is 3.46. The molecule has 2 aromatic rings. The van der Waals surface area contributed by atoms with E-state index in [1.54, 1.807) is 17.7 Å². The van der Waals surface area contributed by atoms with Gasteiger partial charge in [-0.25, -0.2) is 9.78 Å². The lowest BCUT2D eigenvalue weighted by Gasteiger charge is -2.42. The van der Waals surface area contributed by atoms with Crippen LogP contribution in [0.2, 0.25) is 0 Å². The van der Waals surface area contributed by atoms with E-state index in [4.69, 9.17) is 4.98 Å². The fourth-order valence-electron chi connectivity index (χ4n) is 4.96. The first kappa shape index (κ1) is 26.7. The van der Waals surface area contributed by atoms with E-state index < -0.39 is 0 Å². The Bertz CT molecular complexity index is 1200. The molecule has 0 aliphatic heterocycles. The number of allylic oxidation sites excluding steroid dienone is 4. The van der Waals surface area contributed by atoms with Crippen LogP contribution < -0.4 is 11.0 Å². The Balaban J connectivity index is 1.83. The average Bonchev–Trinajstić information content (AvgIpc) is 3.01. The number of imidazole rings is 1. The molecule has 1 amide bonds. The lowest BCUT2D eigenvalue weighted by Crippen LogP contribution is -2.48. The molecule has 1 aliphatic carbocycles. The topological polar surface area (TPSA) is 68.9 Å². The minimum absolute atomic E-state index is 0.000527. The Labute approximate surface area is 209 Å². The maximum Gasteiger partial charge on any atom is 0.330 e. The van der Waals surface area contributed by atoms with Crippen molar-refractivity contribution in [2.45, 2.75) is 85.7 Å². The van der Waals surface area contributed by atoms with Gasteiger partial charge >= 0.3 is 5.69 Å². The van der Waals surface area contributed by atoms with Gasteiger partial charge in [-0.3, -0.25) is 13.9 Å². The standard InChI is InChI=1S/C29H42N4O2/c1-9-11-12-20(10-2)17-25(34)31-24-18-21(15-16-29(24,6)7)22-13-14-23-26(30-22)32(8)27(35)33(23)19-28(3,4)5/h9-14,21,24H,2,15-19H2,1,3-8H3,(H,31,34). The highest BCUT2D eigenvalue weighted by atomic mass is 16.2. The summed E-state index contributed by atoms with van der Waals surface area (Å²) in [6.07, 6.45) is 10.7. The molecule has 3 rings (SSSR count). The molecule has 0 spiro atoms. The molecule has 2 atom stereocenters. The van der Waals surface area contributed by atoms with Crippen molar-refractivity contribution in [2.24, 2.45) is 17.9 Å². The van der Waals surface area contributed by atoms with Gasteiger partial charge < -0.3 is 5.32 Å². The molecule has 2 aromatic heterocycles. The van der Waals surface area contributed by atoms with Crippen molar-refractivity contribution in [1.82, 2.24) is 19.4 Å². The average molecular weight is 479 g/mol. The SMILES string of the molecule is C=CC(=CC=CC)CC(=O)NC1CC(c2ccc3c(n2)n(C)c(=O)n3CC(C)(C)C)CCC1(C)C. The first-order chi connectivity index (χ1) is 16.4. The van der Waals surface area contributed by atoms with Crippen molar-refractivity contribution in [3.05, 3.63) is 64.8 Å². The Morgan fingerprint density at radius 2 is 2.03 bits per heavy atom. The summed E-state index contributed by atoms with van der Waals surface area (Å²) in [5.74, 6) is 0.251. The molecule has 0 aromatic carbocycles. The number of carbonyl (C=O) groups excluding carboxylic acids is 1. The molecular weight excluding hydrogens is 436 g/mol. The maximum atomic E-state index is 12.9. The molecule has 35 heavy (non-hydrogen) atoms. The van der Waals surface area contributed by atoms with Crippen molar-refractivity contribution in [2.75, 3.05) is 0 Å².